The molecule has 0 aliphatic heterocycles. The molecule has 0 saturated heterocycles. The number of pyridine rings is 1. The highest BCUT2D eigenvalue weighted by molar-refractivity contribution is 5.93. The Hall–Kier alpha value is -1.45. The summed E-state index contributed by atoms with van der Waals surface area (Å²) in [4.78, 5) is 14.8. The third-order valence-electron chi connectivity index (χ3n) is 2.05. The second-order valence-corrected chi connectivity index (χ2v) is 3.33. The van der Waals surface area contributed by atoms with Crippen molar-refractivity contribution in [2.75, 3.05) is 6.54 Å². The maximum atomic E-state index is 12.7. The van der Waals surface area contributed by atoms with Crippen molar-refractivity contribution in [2.45, 2.75) is 26.2 Å². The number of nitrogens with one attached hydrogen (secondary N) is 1. The summed E-state index contributed by atoms with van der Waals surface area (Å²) in [6, 6.07) is 2.63. The molecule has 0 spiro atoms. The Morgan fingerprint density at radius 3 is 3.00 bits per heavy atom. The molecule has 1 heterocycles. The number of carbonyl (C=O) groups excluding carboxylic acids is 1. The third kappa shape index (κ3) is 4.06. The lowest BCUT2D eigenvalue weighted by Crippen LogP contribution is -2.24. The third-order valence-corrected chi connectivity index (χ3v) is 2.05. The van der Waals surface area contributed by atoms with E-state index in [1.165, 1.54) is 12.3 Å². The smallest absolute Gasteiger partial charge is 0.251 e. The number of unbranched alkanes of at least 4 members (excludes halogenated alkanes) is 2. The lowest BCUT2D eigenvalue weighted by Gasteiger charge is -2.04. The number of hydrogen-bond acceptors (Lipinski definition) is 2. The molecule has 0 aliphatic carbocycles. The molecule has 0 saturated carbocycles. The van der Waals surface area contributed by atoms with Crippen molar-refractivity contribution in [3.63, 3.8) is 0 Å². The highest BCUT2D eigenvalue weighted by atomic mass is 19.1. The fraction of sp³-hybridized carbons (Fsp3) is 0.455. The van der Waals surface area contributed by atoms with Gasteiger partial charge in [-0.15, -0.1) is 0 Å². The molecule has 0 aliphatic rings. The average molecular weight is 210 g/mol. The van der Waals surface area contributed by atoms with Crippen LogP contribution in [0.2, 0.25) is 0 Å². The van der Waals surface area contributed by atoms with E-state index < -0.39 is 5.95 Å². The molecule has 0 aromatic carbocycles. The number of carbonyl (C=O) groups is 1. The van der Waals surface area contributed by atoms with Crippen molar-refractivity contribution >= 4 is 5.91 Å². The van der Waals surface area contributed by atoms with Gasteiger partial charge in [0.1, 0.15) is 0 Å². The van der Waals surface area contributed by atoms with E-state index in [9.17, 15) is 9.18 Å². The predicted octanol–water partition coefficient (Wildman–Crippen LogP) is 2.14. The van der Waals surface area contributed by atoms with Gasteiger partial charge in [0, 0.05) is 24.4 Å². The first-order valence-corrected chi connectivity index (χ1v) is 5.13. The molecule has 1 N–H and O–H groups in total. The van der Waals surface area contributed by atoms with Gasteiger partial charge in [-0.1, -0.05) is 19.8 Å². The Labute approximate surface area is 88.7 Å². The van der Waals surface area contributed by atoms with Crippen molar-refractivity contribution < 1.29 is 9.18 Å². The Balaban J connectivity index is 2.40. The Morgan fingerprint density at radius 1 is 1.53 bits per heavy atom. The van der Waals surface area contributed by atoms with Gasteiger partial charge in [-0.25, -0.2) is 4.98 Å². The summed E-state index contributed by atoms with van der Waals surface area (Å²) in [7, 11) is 0. The van der Waals surface area contributed by atoms with Crippen molar-refractivity contribution in [3.05, 3.63) is 29.8 Å². The Kier molecular flexibility index (Phi) is 4.74. The molecule has 15 heavy (non-hydrogen) atoms. The van der Waals surface area contributed by atoms with Crippen LogP contribution in [-0.4, -0.2) is 17.4 Å². The normalized spacial score (nSPS) is 10.0. The van der Waals surface area contributed by atoms with E-state index >= 15 is 0 Å². The fourth-order valence-electron chi connectivity index (χ4n) is 1.22. The fourth-order valence-corrected chi connectivity index (χ4v) is 1.22. The molecular formula is C11H15FN2O. The number of hydrogen-bond donors (Lipinski definition) is 1. The van der Waals surface area contributed by atoms with Crippen LogP contribution in [0.3, 0.4) is 0 Å². The zero-order valence-corrected chi connectivity index (χ0v) is 8.79. The lowest BCUT2D eigenvalue weighted by molar-refractivity contribution is 0.0952. The molecule has 82 valence electrons. The van der Waals surface area contributed by atoms with Gasteiger partial charge >= 0.3 is 0 Å². The van der Waals surface area contributed by atoms with Crippen molar-refractivity contribution in [3.8, 4) is 0 Å². The maximum absolute atomic E-state index is 12.7. The van der Waals surface area contributed by atoms with Crippen molar-refractivity contribution in [2.24, 2.45) is 0 Å². The molecular weight excluding hydrogens is 195 g/mol. The molecule has 0 radical (unpaired) electrons. The molecule has 1 rings (SSSR count). The SMILES string of the molecule is CCCCCNC(=O)c1ccnc(F)c1. The van der Waals surface area contributed by atoms with Crippen LogP contribution in [0.1, 0.15) is 36.5 Å². The van der Waals surface area contributed by atoms with E-state index in [0.29, 0.717) is 12.1 Å². The standard InChI is InChI=1S/C11H15FN2O/c1-2-3-4-6-14-11(15)9-5-7-13-10(12)8-9/h5,7-8H,2-4,6H2,1H3,(H,14,15). The van der Waals surface area contributed by atoms with E-state index in [2.05, 4.69) is 17.2 Å². The van der Waals surface area contributed by atoms with Gasteiger partial charge in [-0.2, -0.15) is 4.39 Å². The molecule has 0 fully saturated rings. The minimum absolute atomic E-state index is 0.243. The van der Waals surface area contributed by atoms with Crippen LogP contribution in [0.25, 0.3) is 0 Å². The number of amides is 1. The first-order chi connectivity index (χ1) is 7.24. The van der Waals surface area contributed by atoms with Crippen LogP contribution < -0.4 is 5.32 Å². The minimum atomic E-state index is -0.629. The first kappa shape index (κ1) is 11.6. The van der Waals surface area contributed by atoms with Gasteiger partial charge in [0.15, 0.2) is 0 Å². The largest absolute Gasteiger partial charge is 0.352 e. The van der Waals surface area contributed by atoms with E-state index in [0.717, 1.165) is 25.3 Å². The quantitative estimate of drug-likeness (QED) is 0.597. The van der Waals surface area contributed by atoms with E-state index in [-0.39, 0.29) is 5.91 Å². The highest BCUT2D eigenvalue weighted by Gasteiger charge is 2.05. The summed E-state index contributed by atoms with van der Waals surface area (Å²) in [6.07, 6.45) is 4.44. The number of halogens is 1. The summed E-state index contributed by atoms with van der Waals surface area (Å²) in [5, 5.41) is 2.73. The van der Waals surface area contributed by atoms with Gasteiger partial charge in [0.05, 0.1) is 0 Å². The van der Waals surface area contributed by atoms with Crippen LogP contribution in [-0.2, 0) is 0 Å². The minimum Gasteiger partial charge on any atom is -0.352 e. The summed E-state index contributed by atoms with van der Waals surface area (Å²) in [5.41, 5.74) is 0.319. The molecule has 4 heteroatoms. The summed E-state index contributed by atoms with van der Waals surface area (Å²) >= 11 is 0. The zero-order valence-electron chi connectivity index (χ0n) is 8.79. The molecule has 0 bridgehead atoms. The molecule has 1 amide bonds. The molecule has 1 aromatic rings. The summed E-state index contributed by atoms with van der Waals surface area (Å²) in [5.74, 6) is -0.872. The van der Waals surface area contributed by atoms with Crippen LogP contribution in [0.4, 0.5) is 4.39 Å². The summed E-state index contributed by atoms with van der Waals surface area (Å²) in [6.45, 7) is 2.73. The summed E-state index contributed by atoms with van der Waals surface area (Å²) < 4.78 is 12.7. The Bertz CT molecular complexity index is 328. The predicted molar refractivity (Wildman–Crippen MR) is 56.1 cm³/mol. The molecule has 1 aromatic heterocycles. The first-order valence-electron chi connectivity index (χ1n) is 5.13. The maximum Gasteiger partial charge on any atom is 0.251 e. The molecule has 0 atom stereocenters. The number of rotatable bonds is 5. The number of nitrogens with zero attached hydrogens (tertiary/aromatic N) is 1. The van der Waals surface area contributed by atoms with Gasteiger partial charge < -0.3 is 5.32 Å². The van der Waals surface area contributed by atoms with Crippen LogP contribution in [0.5, 0.6) is 0 Å². The van der Waals surface area contributed by atoms with E-state index in [1.807, 2.05) is 0 Å². The molecule has 0 unspecified atom stereocenters. The average Bonchev–Trinajstić information content (AvgIpc) is 2.24. The van der Waals surface area contributed by atoms with Gasteiger partial charge in [0.2, 0.25) is 5.95 Å². The van der Waals surface area contributed by atoms with Gasteiger partial charge in [-0.3, -0.25) is 4.79 Å². The van der Waals surface area contributed by atoms with Crippen LogP contribution >= 0.6 is 0 Å². The van der Waals surface area contributed by atoms with E-state index in [1.54, 1.807) is 0 Å². The van der Waals surface area contributed by atoms with Crippen LogP contribution in [0.15, 0.2) is 18.3 Å². The molecule has 3 nitrogen and oxygen atoms in total. The topological polar surface area (TPSA) is 42.0 Å². The second-order valence-electron chi connectivity index (χ2n) is 3.33. The van der Waals surface area contributed by atoms with Crippen molar-refractivity contribution in [1.29, 1.82) is 0 Å². The zero-order chi connectivity index (χ0) is 11.1. The Morgan fingerprint density at radius 2 is 2.33 bits per heavy atom. The van der Waals surface area contributed by atoms with E-state index in [4.69, 9.17) is 0 Å². The lowest BCUT2D eigenvalue weighted by atomic mass is 10.2. The number of aromatic nitrogens is 1. The van der Waals surface area contributed by atoms with Gasteiger partial charge in [-0.05, 0) is 12.5 Å². The van der Waals surface area contributed by atoms with Crippen LogP contribution in [0, 0.1) is 5.95 Å². The van der Waals surface area contributed by atoms with Gasteiger partial charge in [0.25, 0.3) is 5.91 Å². The highest BCUT2D eigenvalue weighted by Crippen LogP contribution is 2.00. The monoisotopic (exact) mass is 210 g/mol. The second kappa shape index (κ2) is 6.11. The van der Waals surface area contributed by atoms with Crippen molar-refractivity contribution in [1.82, 2.24) is 10.3 Å².